The largest absolute Gasteiger partial charge is 0.386 e. The molecule has 41 heavy (non-hydrogen) atoms. The fourth-order valence-electron chi connectivity index (χ4n) is 4.61. The summed E-state index contributed by atoms with van der Waals surface area (Å²) in [5.41, 5.74) is 9.39. The van der Waals surface area contributed by atoms with Crippen LogP contribution in [0.1, 0.15) is 153 Å². The second-order valence-electron chi connectivity index (χ2n) is 13.0. The zero-order valence-corrected chi connectivity index (χ0v) is 28.8. The molecule has 0 heterocycles. The van der Waals surface area contributed by atoms with Crippen LogP contribution in [0.5, 0.6) is 0 Å². The third kappa shape index (κ3) is 26.5. The van der Waals surface area contributed by atoms with Gasteiger partial charge >= 0.3 is 0 Å². The van der Waals surface area contributed by atoms with Gasteiger partial charge in [0.05, 0.1) is 5.60 Å². The Morgan fingerprint density at radius 1 is 0.463 bits per heavy atom. The van der Waals surface area contributed by atoms with Gasteiger partial charge < -0.3 is 5.11 Å². The highest BCUT2D eigenvalue weighted by molar-refractivity contribution is 5.10. The summed E-state index contributed by atoms with van der Waals surface area (Å²) in [7, 11) is 0. The van der Waals surface area contributed by atoms with Gasteiger partial charge in [-0.25, -0.2) is 0 Å². The number of allylic oxidation sites excluding steroid dienone is 15. The molecule has 0 aromatic carbocycles. The van der Waals surface area contributed by atoms with Crippen molar-refractivity contribution in [3.05, 3.63) is 93.7 Å². The van der Waals surface area contributed by atoms with Gasteiger partial charge in [0, 0.05) is 0 Å². The van der Waals surface area contributed by atoms with Gasteiger partial charge in [-0.15, -0.1) is 0 Å². The fraction of sp³-hybridized carbons (Fsp3) is 0.600. The van der Waals surface area contributed by atoms with Crippen LogP contribution in [0.2, 0.25) is 0 Å². The summed E-state index contributed by atoms with van der Waals surface area (Å²) in [5, 5.41) is 10.8. The van der Waals surface area contributed by atoms with Gasteiger partial charge in [-0.05, 0) is 153 Å². The highest BCUT2D eigenvalue weighted by atomic mass is 16.3. The Bertz CT molecular complexity index is 960. The van der Waals surface area contributed by atoms with Gasteiger partial charge in [0.15, 0.2) is 0 Å². The van der Waals surface area contributed by atoms with Crippen LogP contribution >= 0.6 is 0 Å². The Hall–Kier alpha value is -2.12. The van der Waals surface area contributed by atoms with Crippen molar-refractivity contribution in [3.8, 4) is 0 Å². The van der Waals surface area contributed by atoms with Crippen LogP contribution in [-0.2, 0) is 0 Å². The summed E-state index contributed by atoms with van der Waals surface area (Å²) >= 11 is 0. The molecule has 1 nitrogen and oxygen atoms in total. The molecule has 0 rings (SSSR count). The summed E-state index contributed by atoms with van der Waals surface area (Å²) in [5.74, 6) is 0. The van der Waals surface area contributed by atoms with E-state index in [9.17, 15) is 5.11 Å². The number of rotatable bonds is 21. The van der Waals surface area contributed by atoms with Gasteiger partial charge in [-0.3, -0.25) is 0 Å². The summed E-state index contributed by atoms with van der Waals surface area (Å²) in [6, 6.07) is 0. The first-order valence-electron chi connectivity index (χ1n) is 16.3. The maximum absolute atomic E-state index is 10.8. The smallest absolute Gasteiger partial charge is 0.0802 e. The fourth-order valence-corrected chi connectivity index (χ4v) is 4.61. The lowest BCUT2D eigenvalue weighted by Gasteiger charge is -2.18. The van der Waals surface area contributed by atoms with E-state index in [1.54, 1.807) is 0 Å². The van der Waals surface area contributed by atoms with Crippen LogP contribution < -0.4 is 0 Å². The molecule has 232 valence electrons. The molecular formula is C40H66O. The van der Waals surface area contributed by atoms with Crippen molar-refractivity contribution in [1.82, 2.24) is 0 Å². The molecule has 0 aromatic heterocycles. The molecule has 1 N–H and O–H groups in total. The maximum atomic E-state index is 10.8. The molecule has 0 radical (unpaired) electrons. The Balaban J connectivity index is 4.31. The van der Waals surface area contributed by atoms with E-state index in [0.29, 0.717) is 0 Å². The van der Waals surface area contributed by atoms with Crippen molar-refractivity contribution in [1.29, 1.82) is 0 Å². The average molecular weight is 563 g/mol. The van der Waals surface area contributed by atoms with Crippen LogP contribution in [0.3, 0.4) is 0 Å². The number of hydrogen-bond acceptors (Lipinski definition) is 1. The normalized spacial score (nSPS) is 15.3. The lowest BCUT2D eigenvalue weighted by atomic mass is 9.97. The van der Waals surface area contributed by atoms with Crippen molar-refractivity contribution in [3.63, 3.8) is 0 Å². The molecule has 0 amide bonds. The minimum absolute atomic E-state index is 0.752. The van der Waals surface area contributed by atoms with E-state index in [2.05, 4.69) is 111 Å². The minimum Gasteiger partial charge on any atom is -0.386 e. The molecule has 0 saturated carbocycles. The van der Waals surface area contributed by atoms with Crippen molar-refractivity contribution >= 4 is 0 Å². The molecule has 0 aliphatic carbocycles. The van der Waals surface area contributed by atoms with Crippen LogP contribution in [-0.4, -0.2) is 10.7 Å². The molecule has 1 atom stereocenters. The van der Waals surface area contributed by atoms with Crippen LogP contribution in [0.15, 0.2) is 93.7 Å². The molecule has 1 heteroatoms. The van der Waals surface area contributed by atoms with Crippen molar-refractivity contribution in [2.45, 2.75) is 158 Å². The van der Waals surface area contributed by atoms with E-state index in [-0.39, 0.29) is 0 Å². The first-order chi connectivity index (χ1) is 19.3. The first-order valence-corrected chi connectivity index (χ1v) is 16.3. The topological polar surface area (TPSA) is 20.2 Å². The maximum Gasteiger partial charge on any atom is 0.0802 e. The molecular weight excluding hydrogens is 496 g/mol. The van der Waals surface area contributed by atoms with Crippen molar-refractivity contribution in [2.24, 2.45) is 0 Å². The van der Waals surface area contributed by atoms with Gasteiger partial charge in [-0.2, -0.15) is 0 Å². The third-order valence-electron chi connectivity index (χ3n) is 7.50. The number of hydrogen-bond donors (Lipinski definition) is 1. The second kappa shape index (κ2) is 23.4. The summed E-state index contributed by atoms with van der Waals surface area (Å²) in [6.07, 6.45) is 34.5. The standard InChI is InChI=1S/C40H66O/c1-33(2)19-13-22-36(6)25-16-28-38(8)27-15-24-35(5)21-11-12-31-40(10,41)32-18-30-39(9)29-17-26-37(7)23-14-20-34(3)4/h12,19-21,25-27,30-31,41H,11,13-18,22-24,28-29,32H2,1-10H3/b31-12+,35-21+,36-25+,37-26+,38-27+,39-30+/t40-/m1/s1. The first kappa shape index (κ1) is 38.9. The highest BCUT2D eigenvalue weighted by Gasteiger charge is 2.14. The second-order valence-corrected chi connectivity index (χ2v) is 13.0. The molecule has 0 saturated heterocycles. The zero-order chi connectivity index (χ0) is 31.1. The Morgan fingerprint density at radius 2 is 0.780 bits per heavy atom. The van der Waals surface area contributed by atoms with Gasteiger partial charge in [0.2, 0.25) is 0 Å². The monoisotopic (exact) mass is 563 g/mol. The summed E-state index contributed by atoms with van der Waals surface area (Å²) < 4.78 is 0. The molecule has 0 fully saturated rings. The predicted molar refractivity (Wildman–Crippen MR) is 187 cm³/mol. The van der Waals surface area contributed by atoms with E-state index in [4.69, 9.17) is 0 Å². The lowest BCUT2D eigenvalue weighted by molar-refractivity contribution is 0.103. The Kier molecular flexibility index (Phi) is 22.2. The SMILES string of the molecule is CC(C)=CCC/C(C)=C/CC/C(C)=C/CC/C(C)=C/C/C=C/[C@@](C)(O)CC/C=C(\C)CC/C=C(\C)CCC=C(C)C. The third-order valence-corrected chi connectivity index (χ3v) is 7.50. The zero-order valence-electron chi connectivity index (χ0n) is 28.8. The highest BCUT2D eigenvalue weighted by Crippen LogP contribution is 2.18. The number of aliphatic hydroxyl groups is 1. The Morgan fingerprint density at radius 3 is 1.15 bits per heavy atom. The summed E-state index contributed by atoms with van der Waals surface area (Å²) in [4.78, 5) is 0. The van der Waals surface area contributed by atoms with E-state index < -0.39 is 5.60 Å². The van der Waals surface area contributed by atoms with E-state index in [1.165, 1.54) is 45.4 Å². The average Bonchev–Trinajstić information content (AvgIpc) is 2.86. The molecule has 0 spiro atoms. The van der Waals surface area contributed by atoms with Gasteiger partial charge in [-0.1, -0.05) is 93.7 Å². The van der Waals surface area contributed by atoms with Crippen LogP contribution in [0.4, 0.5) is 0 Å². The minimum atomic E-state index is -0.752. The van der Waals surface area contributed by atoms with Crippen LogP contribution in [0.25, 0.3) is 0 Å². The lowest BCUT2D eigenvalue weighted by Crippen LogP contribution is -2.19. The molecule has 0 aromatic rings. The molecule has 0 aliphatic rings. The van der Waals surface area contributed by atoms with Crippen LogP contribution in [0, 0.1) is 0 Å². The quantitative estimate of drug-likeness (QED) is 0.138. The van der Waals surface area contributed by atoms with E-state index in [0.717, 1.165) is 77.0 Å². The Labute approximate surface area is 256 Å². The molecule has 0 aliphatic heterocycles. The van der Waals surface area contributed by atoms with Crippen molar-refractivity contribution < 1.29 is 5.11 Å². The van der Waals surface area contributed by atoms with Gasteiger partial charge in [0.1, 0.15) is 0 Å². The molecule has 0 unspecified atom stereocenters. The van der Waals surface area contributed by atoms with Crippen molar-refractivity contribution in [2.75, 3.05) is 0 Å². The predicted octanol–water partition coefficient (Wildman–Crippen LogP) is 13.0. The molecule has 0 bridgehead atoms. The van der Waals surface area contributed by atoms with Gasteiger partial charge in [0.25, 0.3) is 0 Å². The van der Waals surface area contributed by atoms with E-state index >= 15 is 0 Å². The van der Waals surface area contributed by atoms with E-state index in [1.807, 2.05) is 13.0 Å². The summed E-state index contributed by atoms with van der Waals surface area (Å²) in [6.45, 7) is 21.8.